The molecule has 4 atom stereocenters. The van der Waals surface area contributed by atoms with Crippen molar-refractivity contribution in [3.63, 3.8) is 0 Å². The second-order valence-corrected chi connectivity index (χ2v) is 8.22. The van der Waals surface area contributed by atoms with Crippen molar-refractivity contribution < 1.29 is 39.5 Å². The molecule has 0 aliphatic heterocycles. The van der Waals surface area contributed by atoms with Crippen LogP contribution >= 0.6 is 0 Å². The van der Waals surface area contributed by atoms with Gasteiger partial charge in [0.2, 0.25) is 0 Å². The number of Topliss-reactive ketones (excluding diaryl/α,β-unsaturated/α-hetero) is 2. The lowest BCUT2D eigenvalue weighted by Crippen LogP contribution is -2.51. The van der Waals surface area contributed by atoms with E-state index in [-0.39, 0.29) is 23.0 Å². The van der Waals surface area contributed by atoms with Crippen molar-refractivity contribution in [3.8, 4) is 23.0 Å². The number of H-pyrrole nitrogens is 2. The number of benzene rings is 2. The number of hydrogen-bond donors (Lipinski definition) is 6. The third-order valence-electron chi connectivity index (χ3n) is 6.55. The lowest BCUT2D eigenvalue weighted by molar-refractivity contribution is -0.149. The molecule has 0 radical (unpaired) electrons. The number of aromatic nitrogens is 2. The molecule has 1 aliphatic rings. The Kier molecular flexibility index (Phi) is 4.99. The predicted molar refractivity (Wildman–Crippen MR) is 121 cm³/mol. The number of hydrogen-bond acceptors (Lipinski definition) is 8. The maximum absolute atomic E-state index is 13.3. The Hall–Kier alpha value is -4.02. The van der Waals surface area contributed by atoms with Gasteiger partial charge in [0, 0.05) is 23.2 Å². The Labute approximate surface area is 192 Å². The molecule has 2 aromatic heterocycles. The number of carbonyl (C=O) groups is 2. The van der Waals surface area contributed by atoms with Crippen LogP contribution in [0.15, 0.2) is 36.7 Å². The molecule has 176 valence electrons. The number of aliphatic hydroxyl groups is 2. The topological polar surface area (TPSA) is 165 Å². The number of methoxy groups -OCH3 is 2. The van der Waals surface area contributed by atoms with E-state index in [9.17, 15) is 30.0 Å². The smallest absolute Gasteiger partial charge is 0.184 e. The summed E-state index contributed by atoms with van der Waals surface area (Å²) < 4.78 is 10.4. The highest BCUT2D eigenvalue weighted by Crippen LogP contribution is 2.44. The van der Waals surface area contributed by atoms with Crippen LogP contribution in [0.25, 0.3) is 21.8 Å². The van der Waals surface area contributed by atoms with E-state index in [1.807, 2.05) is 0 Å². The Morgan fingerprint density at radius 1 is 0.706 bits per heavy atom. The second kappa shape index (κ2) is 7.79. The molecular weight excluding hydrogens is 444 g/mol. The monoisotopic (exact) mass is 466 g/mol. The zero-order valence-corrected chi connectivity index (χ0v) is 18.2. The van der Waals surface area contributed by atoms with Crippen molar-refractivity contribution in [2.75, 3.05) is 14.2 Å². The lowest BCUT2D eigenvalue weighted by Gasteiger charge is -2.34. The minimum atomic E-state index is -1.72. The van der Waals surface area contributed by atoms with Gasteiger partial charge >= 0.3 is 0 Å². The quantitative estimate of drug-likeness (QED) is 0.265. The maximum Gasteiger partial charge on any atom is 0.184 e. The zero-order valence-electron chi connectivity index (χ0n) is 18.2. The molecule has 5 rings (SSSR count). The molecule has 4 unspecified atom stereocenters. The molecule has 10 heteroatoms. The number of aromatic amines is 2. The predicted octanol–water partition coefficient (Wildman–Crippen LogP) is 1.82. The average Bonchev–Trinajstić information content (AvgIpc) is 3.43. The fourth-order valence-electron chi connectivity index (χ4n) is 4.95. The lowest BCUT2D eigenvalue weighted by atomic mass is 9.70. The second-order valence-electron chi connectivity index (χ2n) is 8.22. The third-order valence-corrected chi connectivity index (χ3v) is 6.55. The van der Waals surface area contributed by atoms with Crippen molar-refractivity contribution in [2.24, 2.45) is 0 Å². The Morgan fingerprint density at radius 2 is 1.09 bits per heavy atom. The molecule has 1 fully saturated rings. The fourth-order valence-corrected chi connectivity index (χ4v) is 4.95. The SMILES string of the molecule is COc1c(O)ccc2c(C3C(=O)C(O)C(c4c[nH]c5c(OC)c(O)ccc45)C(=O)C3O)c[nH]c12. The van der Waals surface area contributed by atoms with Gasteiger partial charge in [0.25, 0.3) is 0 Å². The number of nitrogens with one attached hydrogen (secondary N) is 2. The summed E-state index contributed by atoms with van der Waals surface area (Å²) >= 11 is 0. The summed E-state index contributed by atoms with van der Waals surface area (Å²) in [6, 6.07) is 5.85. The molecular formula is C24H22N2O8. The first-order chi connectivity index (χ1) is 16.3. The van der Waals surface area contributed by atoms with Crippen LogP contribution in [-0.2, 0) is 9.59 Å². The normalized spacial score (nSPS) is 23.1. The van der Waals surface area contributed by atoms with Crippen molar-refractivity contribution in [2.45, 2.75) is 24.0 Å². The summed E-state index contributed by atoms with van der Waals surface area (Å²) in [5, 5.41) is 42.9. The first-order valence-electron chi connectivity index (χ1n) is 10.5. The van der Waals surface area contributed by atoms with Crippen LogP contribution < -0.4 is 9.47 Å². The van der Waals surface area contributed by atoms with Crippen LogP contribution in [0, 0.1) is 0 Å². The molecule has 0 amide bonds. The van der Waals surface area contributed by atoms with E-state index in [1.54, 1.807) is 12.1 Å². The maximum atomic E-state index is 13.3. The van der Waals surface area contributed by atoms with Gasteiger partial charge in [-0.15, -0.1) is 0 Å². The minimum absolute atomic E-state index is 0.115. The van der Waals surface area contributed by atoms with Gasteiger partial charge in [0.15, 0.2) is 34.6 Å². The van der Waals surface area contributed by atoms with Crippen LogP contribution in [0.2, 0.25) is 0 Å². The third kappa shape index (κ3) is 2.89. The van der Waals surface area contributed by atoms with E-state index >= 15 is 0 Å². The molecule has 1 saturated carbocycles. The van der Waals surface area contributed by atoms with E-state index < -0.39 is 35.6 Å². The number of rotatable bonds is 4. The van der Waals surface area contributed by atoms with E-state index in [1.165, 1.54) is 38.7 Å². The number of ether oxygens (including phenoxy) is 2. The van der Waals surface area contributed by atoms with Crippen LogP contribution in [0.4, 0.5) is 0 Å². The summed E-state index contributed by atoms with van der Waals surface area (Å²) in [6.45, 7) is 0. The van der Waals surface area contributed by atoms with Crippen molar-refractivity contribution in [3.05, 3.63) is 47.8 Å². The van der Waals surface area contributed by atoms with Gasteiger partial charge in [-0.3, -0.25) is 9.59 Å². The minimum Gasteiger partial charge on any atom is -0.504 e. The molecule has 2 aromatic carbocycles. The Bertz CT molecular complexity index is 1340. The van der Waals surface area contributed by atoms with Crippen LogP contribution in [-0.4, -0.2) is 68.4 Å². The van der Waals surface area contributed by atoms with Gasteiger partial charge in [0.05, 0.1) is 37.1 Å². The van der Waals surface area contributed by atoms with Gasteiger partial charge in [-0.1, -0.05) is 0 Å². The molecule has 1 aliphatic carbocycles. The molecule has 10 nitrogen and oxygen atoms in total. The van der Waals surface area contributed by atoms with Crippen molar-refractivity contribution in [1.82, 2.24) is 9.97 Å². The Morgan fingerprint density at radius 3 is 1.44 bits per heavy atom. The molecule has 34 heavy (non-hydrogen) atoms. The summed E-state index contributed by atoms with van der Waals surface area (Å²) in [4.78, 5) is 32.5. The number of carbonyl (C=O) groups excluding carboxylic acids is 2. The molecule has 4 aromatic rings. The summed E-state index contributed by atoms with van der Waals surface area (Å²) in [6.07, 6.45) is -0.525. The van der Waals surface area contributed by atoms with E-state index in [2.05, 4.69) is 9.97 Å². The molecule has 6 N–H and O–H groups in total. The number of aliphatic hydroxyl groups excluding tert-OH is 2. The fraction of sp³-hybridized carbons (Fsp3) is 0.250. The van der Waals surface area contributed by atoms with Crippen LogP contribution in [0.5, 0.6) is 23.0 Å². The van der Waals surface area contributed by atoms with Crippen molar-refractivity contribution >= 4 is 33.4 Å². The largest absolute Gasteiger partial charge is 0.504 e. The van der Waals surface area contributed by atoms with E-state index in [4.69, 9.17) is 9.47 Å². The molecule has 0 saturated heterocycles. The highest BCUT2D eigenvalue weighted by atomic mass is 16.5. The summed E-state index contributed by atoms with van der Waals surface area (Å²) in [5.74, 6) is -3.98. The van der Waals surface area contributed by atoms with Crippen LogP contribution in [0.1, 0.15) is 23.0 Å². The molecule has 0 spiro atoms. The van der Waals surface area contributed by atoms with Gasteiger partial charge in [0.1, 0.15) is 12.2 Å². The molecule has 2 heterocycles. The standard InChI is InChI=1S/C24H22N2O8/c1-33-23-13(27)5-3-9-11(7-25-17(9)23)15-19(29)21(31)16(22(32)20(15)30)12-8-26-18-10(12)4-6-14(28)24(18)34-2/h3-8,15-16,19,22,25-29,32H,1-2H3. The Balaban J connectivity index is 1.59. The average molecular weight is 466 g/mol. The number of phenols is 2. The highest BCUT2D eigenvalue weighted by Gasteiger charge is 2.51. The van der Waals surface area contributed by atoms with E-state index in [0.29, 0.717) is 32.9 Å². The number of aromatic hydroxyl groups is 2. The highest BCUT2D eigenvalue weighted by molar-refractivity contribution is 6.10. The van der Waals surface area contributed by atoms with Gasteiger partial charge < -0.3 is 39.9 Å². The van der Waals surface area contributed by atoms with Gasteiger partial charge in [-0.25, -0.2) is 0 Å². The van der Waals surface area contributed by atoms with Gasteiger partial charge in [-0.2, -0.15) is 0 Å². The number of fused-ring (bicyclic) bond motifs is 2. The number of ketones is 2. The zero-order chi connectivity index (χ0) is 24.3. The van der Waals surface area contributed by atoms with Gasteiger partial charge in [-0.05, 0) is 35.4 Å². The van der Waals surface area contributed by atoms with E-state index in [0.717, 1.165) is 0 Å². The summed E-state index contributed by atoms with van der Waals surface area (Å²) in [7, 11) is 2.76. The first-order valence-corrected chi connectivity index (χ1v) is 10.5. The first kappa shape index (κ1) is 21.8. The van der Waals surface area contributed by atoms with Crippen LogP contribution in [0.3, 0.4) is 0 Å². The van der Waals surface area contributed by atoms with Crippen molar-refractivity contribution in [1.29, 1.82) is 0 Å². The summed E-state index contributed by atoms with van der Waals surface area (Å²) in [5.41, 5.74) is 1.40. The number of phenolic OH excluding ortho intramolecular Hbond substituents is 2. The molecule has 0 bridgehead atoms.